The fourth-order valence-corrected chi connectivity index (χ4v) is 3.59. The van der Waals surface area contributed by atoms with E-state index in [0.29, 0.717) is 5.92 Å². The Balaban J connectivity index is 2.39. The van der Waals surface area contributed by atoms with Gasteiger partial charge in [0.1, 0.15) is 0 Å². The number of fused-ring (bicyclic) bond motifs is 1. The van der Waals surface area contributed by atoms with Gasteiger partial charge in [0.25, 0.3) is 0 Å². The lowest BCUT2D eigenvalue weighted by Crippen LogP contribution is -2.44. The predicted octanol–water partition coefficient (Wildman–Crippen LogP) is 2.88. The van der Waals surface area contributed by atoms with E-state index in [4.69, 9.17) is 0 Å². The van der Waals surface area contributed by atoms with E-state index < -0.39 is 0 Å². The lowest BCUT2D eigenvalue weighted by atomic mass is 9.57. The van der Waals surface area contributed by atoms with E-state index in [2.05, 4.69) is 13.8 Å². The number of aliphatic hydroxyl groups is 1. The quantitative estimate of drug-likeness (QED) is 0.797. The molecule has 0 saturated heterocycles. The van der Waals surface area contributed by atoms with Gasteiger partial charge in [0.15, 0.2) is 5.78 Å². The largest absolute Gasteiger partial charge is 0.393 e. The molecule has 2 nitrogen and oxygen atoms in total. The number of hydrogen-bond acceptors (Lipinski definition) is 2. The molecule has 1 N–H and O–H groups in total. The van der Waals surface area contributed by atoms with E-state index >= 15 is 0 Å². The highest BCUT2D eigenvalue weighted by Crippen LogP contribution is 2.51. The summed E-state index contributed by atoms with van der Waals surface area (Å²) >= 11 is 0. The molecule has 0 radical (unpaired) electrons. The molecule has 17 heavy (non-hydrogen) atoms. The fraction of sp³-hybridized carbons (Fsp3) is 0.667. The zero-order valence-corrected chi connectivity index (χ0v) is 10.9. The van der Waals surface area contributed by atoms with Crippen LogP contribution in [0.3, 0.4) is 0 Å². The smallest absolute Gasteiger partial charge is 0.178 e. The lowest BCUT2D eigenvalue weighted by molar-refractivity contribution is -0.111. The highest BCUT2D eigenvalue weighted by Gasteiger charge is 2.46. The Kier molecular flexibility index (Phi) is 3.26. The van der Waals surface area contributed by atoms with Crippen LogP contribution in [0.5, 0.6) is 0 Å². The van der Waals surface area contributed by atoms with Crippen molar-refractivity contribution in [2.75, 3.05) is 0 Å². The Morgan fingerprint density at radius 2 is 2.29 bits per heavy atom. The maximum atomic E-state index is 11.5. The summed E-state index contributed by atoms with van der Waals surface area (Å²) in [7, 11) is 0. The maximum Gasteiger partial charge on any atom is 0.178 e. The summed E-state index contributed by atoms with van der Waals surface area (Å²) in [6.07, 6.45) is 8.02. The van der Waals surface area contributed by atoms with Crippen LogP contribution in [0.4, 0.5) is 0 Å². The maximum absolute atomic E-state index is 11.5. The first-order valence-electron chi connectivity index (χ1n) is 6.61. The van der Waals surface area contributed by atoms with Gasteiger partial charge < -0.3 is 5.11 Å². The number of ketones is 1. The molecular weight excluding hydrogens is 212 g/mol. The Labute approximate surface area is 103 Å². The summed E-state index contributed by atoms with van der Waals surface area (Å²) in [5, 5.41) is 10.3. The average molecular weight is 234 g/mol. The van der Waals surface area contributed by atoms with Gasteiger partial charge in [-0.1, -0.05) is 32.4 Å². The Bertz CT molecular complexity index is 376. The molecule has 0 aromatic heterocycles. The first-order chi connectivity index (χ1) is 7.99. The lowest BCUT2D eigenvalue weighted by Gasteiger charge is -2.48. The SMILES string of the molecule is CC[C@H](O)[C@H]1[C@H](C)CCC2=CC(=O)C=C[C@@]21C. The summed E-state index contributed by atoms with van der Waals surface area (Å²) in [6, 6.07) is 0. The van der Waals surface area contributed by atoms with Gasteiger partial charge in [0, 0.05) is 5.41 Å². The molecule has 0 spiro atoms. The minimum atomic E-state index is -0.281. The Morgan fingerprint density at radius 3 is 2.94 bits per heavy atom. The third-order valence-electron chi connectivity index (χ3n) is 4.61. The van der Waals surface area contributed by atoms with Crippen LogP contribution in [0.15, 0.2) is 23.8 Å². The van der Waals surface area contributed by atoms with Crippen molar-refractivity contribution in [3.63, 3.8) is 0 Å². The molecule has 1 fully saturated rings. The standard InChI is InChI=1S/C15H22O2/c1-4-13(17)14-10(2)5-6-11-9-12(16)7-8-15(11,14)3/h7-10,13-14,17H,4-6H2,1-3H3/t10-,13+,14-,15+/m1/s1. The average Bonchev–Trinajstić information content (AvgIpc) is 2.29. The summed E-state index contributed by atoms with van der Waals surface area (Å²) < 4.78 is 0. The number of carbonyl (C=O) groups is 1. The molecule has 0 aromatic rings. The zero-order valence-electron chi connectivity index (χ0n) is 10.9. The number of aliphatic hydroxyl groups excluding tert-OH is 1. The van der Waals surface area contributed by atoms with Crippen molar-refractivity contribution in [3.05, 3.63) is 23.8 Å². The van der Waals surface area contributed by atoms with E-state index in [0.717, 1.165) is 19.3 Å². The van der Waals surface area contributed by atoms with E-state index in [1.54, 1.807) is 12.2 Å². The van der Waals surface area contributed by atoms with Gasteiger partial charge in [-0.2, -0.15) is 0 Å². The first kappa shape index (κ1) is 12.6. The van der Waals surface area contributed by atoms with Gasteiger partial charge in [-0.05, 0) is 43.3 Å². The van der Waals surface area contributed by atoms with E-state index in [1.807, 2.05) is 13.0 Å². The summed E-state index contributed by atoms with van der Waals surface area (Å²) in [6.45, 7) is 6.41. The van der Waals surface area contributed by atoms with Crippen LogP contribution in [0.1, 0.15) is 40.0 Å². The normalized spacial score (nSPS) is 38.6. The fourth-order valence-electron chi connectivity index (χ4n) is 3.59. The van der Waals surface area contributed by atoms with Gasteiger partial charge >= 0.3 is 0 Å². The van der Waals surface area contributed by atoms with Crippen molar-refractivity contribution >= 4 is 5.78 Å². The van der Waals surface area contributed by atoms with Crippen LogP contribution in [0.2, 0.25) is 0 Å². The molecule has 1 saturated carbocycles. The molecule has 94 valence electrons. The molecule has 0 unspecified atom stereocenters. The third kappa shape index (κ3) is 1.99. The summed E-state index contributed by atoms with van der Waals surface area (Å²) in [4.78, 5) is 11.5. The van der Waals surface area contributed by atoms with Gasteiger partial charge in [0.05, 0.1) is 6.10 Å². The van der Waals surface area contributed by atoms with Crippen LogP contribution >= 0.6 is 0 Å². The molecule has 0 aliphatic heterocycles. The number of rotatable bonds is 2. The topological polar surface area (TPSA) is 37.3 Å². The number of hydrogen-bond donors (Lipinski definition) is 1. The van der Waals surface area contributed by atoms with Crippen molar-refractivity contribution in [1.29, 1.82) is 0 Å². The Morgan fingerprint density at radius 1 is 1.59 bits per heavy atom. The first-order valence-corrected chi connectivity index (χ1v) is 6.61. The van der Waals surface area contributed by atoms with E-state index in [9.17, 15) is 9.90 Å². The molecule has 0 heterocycles. The monoisotopic (exact) mass is 234 g/mol. The van der Waals surface area contributed by atoms with Crippen molar-refractivity contribution in [2.45, 2.75) is 46.1 Å². The van der Waals surface area contributed by atoms with Crippen LogP contribution in [-0.4, -0.2) is 17.0 Å². The van der Waals surface area contributed by atoms with Crippen LogP contribution in [0.25, 0.3) is 0 Å². The van der Waals surface area contributed by atoms with E-state index in [1.165, 1.54) is 5.57 Å². The number of carbonyl (C=O) groups excluding carboxylic acids is 1. The van der Waals surface area contributed by atoms with Crippen LogP contribution < -0.4 is 0 Å². The summed E-state index contributed by atoms with van der Waals surface area (Å²) in [5.74, 6) is 0.832. The predicted molar refractivity (Wildman–Crippen MR) is 68.5 cm³/mol. The second kappa shape index (κ2) is 4.41. The van der Waals surface area contributed by atoms with Crippen molar-refractivity contribution < 1.29 is 9.90 Å². The van der Waals surface area contributed by atoms with Gasteiger partial charge in [0.2, 0.25) is 0 Å². The molecule has 0 bridgehead atoms. The molecule has 0 amide bonds. The van der Waals surface area contributed by atoms with Gasteiger partial charge in [-0.3, -0.25) is 4.79 Å². The second-order valence-corrected chi connectivity index (χ2v) is 5.71. The van der Waals surface area contributed by atoms with Crippen molar-refractivity contribution in [1.82, 2.24) is 0 Å². The second-order valence-electron chi connectivity index (χ2n) is 5.71. The van der Waals surface area contributed by atoms with Gasteiger partial charge in [-0.15, -0.1) is 0 Å². The molecule has 4 atom stereocenters. The molecule has 2 rings (SSSR count). The third-order valence-corrected chi connectivity index (χ3v) is 4.61. The minimum absolute atomic E-state index is 0.0942. The number of allylic oxidation sites excluding steroid dienone is 4. The zero-order chi connectivity index (χ0) is 12.6. The molecule has 0 aromatic carbocycles. The van der Waals surface area contributed by atoms with Crippen LogP contribution in [0, 0.1) is 17.3 Å². The molecule has 2 heteroatoms. The van der Waals surface area contributed by atoms with Crippen molar-refractivity contribution in [2.24, 2.45) is 17.3 Å². The molecule has 2 aliphatic rings. The molecular formula is C15H22O2. The minimum Gasteiger partial charge on any atom is -0.393 e. The Hall–Kier alpha value is -0.890. The summed E-state index contributed by atoms with van der Waals surface area (Å²) in [5.41, 5.74) is 1.08. The van der Waals surface area contributed by atoms with Crippen LogP contribution in [-0.2, 0) is 4.79 Å². The molecule has 2 aliphatic carbocycles. The van der Waals surface area contributed by atoms with E-state index in [-0.39, 0.29) is 23.2 Å². The van der Waals surface area contributed by atoms with Gasteiger partial charge in [-0.25, -0.2) is 0 Å². The highest BCUT2D eigenvalue weighted by molar-refractivity contribution is 6.01. The van der Waals surface area contributed by atoms with Crippen molar-refractivity contribution in [3.8, 4) is 0 Å². The highest BCUT2D eigenvalue weighted by atomic mass is 16.3.